The Morgan fingerprint density at radius 1 is 0.324 bits per heavy atom. The van der Waals surface area contributed by atoms with Crippen molar-refractivity contribution in [3.63, 3.8) is 0 Å². The molecule has 0 bridgehead atoms. The summed E-state index contributed by atoms with van der Waals surface area (Å²) in [6, 6.07) is 87.8. The van der Waals surface area contributed by atoms with Gasteiger partial charge in [-0.25, -0.2) is 23.9 Å². The molecule has 2 fully saturated rings. The predicted molar refractivity (Wildman–Crippen MR) is 556 cm³/mol. The molecule has 136 heavy (non-hydrogen) atoms. The van der Waals surface area contributed by atoms with Gasteiger partial charge in [-0.15, -0.1) is 0 Å². The Labute approximate surface area is 804 Å². The van der Waals surface area contributed by atoms with Crippen molar-refractivity contribution in [1.82, 2.24) is 0 Å². The molecule has 0 saturated heterocycles. The summed E-state index contributed by atoms with van der Waals surface area (Å²) < 4.78 is 79.7. The molecule has 0 radical (unpaired) electrons. The van der Waals surface area contributed by atoms with Crippen molar-refractivity contribution >= 4 is 111 Å². The van der Waals surface area contributed by atoms with Crippen LogP contribution in [0.15, 0.2) is 291 Å². The van der Waals surface area contributed by atoms with E-state index in [0.717, 1.165) is 279 Å². The first-order valence-electron chi connectivity index (χ1n) is 49.5. The van der Waals surface area contributed by atoms with Gasteiger partial charge < -0.3 is 17.7 Å². The lowest BCUT2D eigenvalue weighted by Gasteiger charge is -2.22. The molecule has 22 rings (SSSR count). The molecular formula is C124H112N8O4+4. The lowest BCUT2D eigenvalue weighted by atomic mass is 9.83. The molecule has 0 aliphatic heterocycles. The summed E-state index contributed by atoms with van der Waals surface area (Å²) in [5.74, 6) is -1.05. The molecule has 0 unspecified atom stereocenters. The number of rotatable bonds is 11. The summed E-state index contributed by atoms with van der Waals surface area (Å²) in [5, 5.41) is 8.09. The van der Waals surface area contributed by atoms with Gasteiger partial charge in [-0.05, 0) is 151 Å². The van der Waals surface area contributed by atoms with Crippen molar-refractivity contribution in [2.24, 2.45) is 33.6 Å². The third kappa shape index (κ3) is 16.6. The second-order valence-corrected chi connectivity index (χ2v) is 37.6. The van der Waals surface area contributed by atoms with E-state index < -0.39 is 23.6 Å². The normalized spacial score (nSPS) is 14.0. The van der Waals surface area contributed by atoms with E-state index in [1.54, 1.807) is 0 Å². The van der Waals surface area contributed by atoms with Gasteiger partial charge in [-0.2, -0.15) is 13.7 Å². The van der Waals surface area contributed by atoms with Gasteiger partial charge in [-0.1, -0.05) is 271 Å². The van der Waals surface area contributed by atoms with Crippen LogP contribution >= 0.6 is 0 Å². The zero-order valence-electron chi connectivity index (χ0n) is 85.0. The molecule has 12 nitrogen and oxygen atoms in total. The monoisotopic (exact) mass is 1780 g/mol. The fraction of sp³-hybridized carbons (Fsp3) is 0.226. The molecule has 0 spiro atoms. The molecule has 20 aromatic rings. The fourth-order valence-electron chi connectivity index (χ4n) is 20.4. The molecule has 8 heterocycles. The molecule has 2 saturated carbocycles. The lowest BCUT2D eigenvalue weighted by Crippen LogP contribution is -2.35. The number of furan rings is 4. The van der Waals surface area contributed by atoms with Crippen molar-refractivity contribution < 1.29 is 42.8 Å². The zero-order valence-corrected chi connectivity index (χ0v) is 80.0. The Morgan fingerprint density at radius 3 is 0.882 bits per heavy atom. The van der Waals surface area contributed by atoms with Crippen LogP contribution in [0, 0.1) is 87.1 Å². The van der Waals surface area contributed by atoms with Crippen LogP contribution < -0.4 is 18.3 Å². The van der Waals surface area contributed by atoms with Crippen LogP contribution in [0.5, 0.6) is 0 Å². The van der Waals surface area contributed by atoms with Crippen molar-refractivity contribution in [3.05, 3.63) is 380 Å². The Balaban J connectivity index is 0.000000120. The van der Waals surface area contributed by atoms with Gasteiger partial charge in [0.25, 0.3) is 0 Å². The molecule has 12 heteroatoms. The summed E-state index contributed by atoms with van der Waals surface area (Å²) in [4.78, 5) is 15.2. The highest BCUT2D eigenvalue weighted by Gasteiger charge is 2.33. The van der Waals surface area contributed by atoms with E-state index in [4.69, 9.17) is 49.4 Å². The average Bonchev–Trinajstić information content (AvgIpc) is 1.59. The van der Waals surface area contributed by atoms with Crippen molar-refractivity contribution in [3.8, 4) is 89.5 Å². The third-order valence-electron chi connectivity index (χ3n) is 27.6. The molecule has 0 amide bonds. The van der Waals surface area contributed by atoms with Gasteiger partial charge in [0, 0.05) is 140 Å². The molecule has 2 aliphatic rings. The number of aryl methyl sites for hydroxylation is 9. The largest absolute Gasteiger partial charge is 0.456 e. The highest BCUT2D eigenvalue weighted by atomic mass is 16.3. The minimum Gasteiger partial charge on any atom is -0.456 e. The summed E-state index contributed by atoms with van der Waals surface area (Å²) >= 11 is 0. The Kier molecular flexibility index (Phi) is 22.8. The summed E-state index contributed by atoms with van der Waals surface area (Å²) in [7, 11) is 8.15. The zero-order chi connectivity index (χ0) is 99.2. The van der Waals surface area contributed by atoms with E-state index in [0.29, 0.717) is 39.9 Å². The minimum absolute atomic E-state index is 0.508. The van der Waals surface area contributed by atoms with Crippen molar-refractivity contribution in [2.45, 2.75) is 152 Å². The van der Waals surface area contributed by atoms with E-state index in [-0.39, 0.29) is 0 Å². The van der Waals surface area contributed by atoms with Gasteiger partial charge in [0.2, 0.25) is 22.8 Å². The maximum atomic E-state index is 9.30. The number of hydrogen-bond donors (Lipinski definition) is 0. The minimum atomic E-state index is -1.53. The number of benzene rings is 12. The molecule has 0 N–H and O–H groups in total. The molecule has 8 aromatic heterocycles. The second-order valence-electron chi connectivity index (χ2n) is 37.6. The SMILES string of the molecule is [2H]C([2H])(c1cc(C)[n+](C)c(-c2c(C)ccc3c2oc2c(-c4ccccc4)c([N+]#[C-])ccc23)c1)C(C)(C)C.[2H]C1(c2cc(C)[n+](C)c(-c3c(C)ccc4c3oc3c(-c5ccccc5)c([N+]#[C-])ccc34)c2)CCCC1.[2H]C1(c2cc(C)[n+](C)c(-c3c(C)ccc4c3oc3c(-c5ccccc5)c([N+]#[C-])ccc34)c2)CCCCC1.[2H]c1c[n+](C)c(-c2c(C)ccc3c2oc2c(-c4ccccc4)c([N+]#[C-])ccc23)cc1C. The van der Waals surface area contributed by atoms with Crippen LogP contribution in [-0.2, 0) is 34.6 Å². The highest BCUT2D eigenvalue weighted by Crippen LogP contribution is 2.52. The van der Waals surface area contributed by atoms with Crippen LogP contribution in [0.3, 0.4) is 0 Å². The number of aromatic nitrogens is 4. The number of nitrogens with zero attached hydrogens (tertiary/aromatic N) is 8. The first-order chi connectivity index (χ1) is 67.8. The maximum absolute atomic E-state index is 9.30. The van der Waals surface area contributed by atoms with E-state index in [1.807, 2.05) is 248 Å². The van der Waals surface area contributed by atoms with Crippen LogP contribution in [-0.4, -0.2) is 0 Å². The average molecular weight is 1780 g/mol. The van der Waals surface area contributed by atoms with E-state index in [9.17, 15) is 1.37 Å². The molecule has 668 valence electrons. The van der Waals surface area contributed by atoms with Gasteiger partial charge in [0.1, 0.15) is 72.9 Å². The quantitative estimate of drug-likeness (QED) is 0.0954. The van der Waals surface area contributed by atoms with Gasteiger partial charge in [0.15, 0.2) is 46.0 Å². The highest BCUT2D eigenvalue weighted by molar-refractivity contribution is 6.19. The Morgan fingerprint density at radius 2 is 0.588 bits per heavy atom. The second kappa shape index (κ2) is 37.1. The van der Waals surface area contributed by atoms with Crippen molar-refractivity contribution in [2.75, 3.05) is 0 Å². The Hall–Kier alpha value is -15.6. The van der Waals surface area contributed by atoms with Gasteiger partial charge >= 0.3 is 0 Å². The topological polar surface area (TPSA) is 85.5 Å². The summed E-state index contributed by atoms with van der Waals surface area (Å²) in [5.41, 5.74) is 34.6. The number of fused-ring (bicyclic) bond motifs is 12. The smallest absolute Gasteiger partial charge is 0.216 e. The van der Waals surface area contributed by atoms with E-state index in [1.165, 1.54) is 6.42 Å². The van der Waals surface area contributed by atoms with E-state index >= 15 is 0 Å². The summed E-state index contributed by atoms with van der Waals surface area (Å²) in [6.07, 6.45) is 9.62. The summed E-state index contributed by atoms with van der Waals surface area (Å²) in [6.45, 7) is 53.5. The molecular weight excluding hydrogens is 1670 g/mol. The fourth-order valence-corrected chi connectivity index (χ4v) is 20.4. The third-order valence-corrected chi connectivity index (χ3v) is 27.6. The predicted octanol–water partition coefficient (Wildman–Crippen LogP) is 32.9. The van der Waals surface area contributed by atoms with E-state index in [2.05, 4.69) is 162 Å². The molecule has 2 aliphatic carbocycles. The van der Waals surface area contributed by atoms with Gasteiger partial charge in [0.05, 0.1) is 49.9 Å². The number of pyridine rings is 4. The van der Waals surface area contributed by atoms with Gasteiger partial charge in [-0.3, -0.25) is 0 Å². The molecule has 12 aromatic carbocycles. The first kappa shape index (κ1) is 83.5. The number of hydrogen-bond acceptors (Lipinski definition) is 4. The van der Waals surface area contributed by atoms with Crippen LogP contribution in [0.4, 0.5) is 22.7 Å². The van der Waals surface area contributed by atoms with Crippen LogP contribution in [0.2, 0.25) is 0 Å². The lowest BCUT2D eigenvalue weighted by molar-refractivity contribution is -0.666. The molecule has 0 atom stereocenters. The van der Waals surface area contributed by atoms with Crippen LogP contribution in [0.1, 0.15) is 159 Å². The van der Waals surface area contributed by atoms with Crippen LogP contribution in [0.25, 0.3) is 197 Å². The maximum Gasteiger partial charge on any atom is 0.216 e. The van der Waals surface area contributed by atoms with Crippen molar-refractivity contribution in [1.29, 1.82) is 0 Å². The standard InChI is InChI=1S/C33H31N2O.C32H29N2O.C32H31N2O.C27H21N2O/c1-21-15-16-26-27-17-18-28(34-3)31(24-13-9-6-10-14-24)33(27)36-32(26)30(21)29-20-25(19-22(2)35(29)4)23-11-7-5-8-12-23;1-20-14-15-25-26-16-17-27(33-3)30(23-12-6-5-7-13-23)32(26)35-31(25)29(20)28-19-24(18-21(2)34(28)4)22-10-8-9-11-22;1-20-13-14-24-25-15-16-26(33-6)29(23-11-9-8-10-12-23)31(25)35-30(24)28(20)27-18-22(19-32(3,4)5)17-21(2)34(27)7;1-17-14-15-29(4)23(16-17)24-18(2)10-11-20-21-12-13-22(28-3)25(27(21)30-26(20)24)19-8-6-5-7-9-19/h6,9-10,13-20,23H,5,7-8,11-12H2,1-2,4H3;5-7,12-19,22H,8-11H2,1-2,4H3;8-18H,19H2,1-5,7H3;5-16H,1-2,4H3/q4*+1/i23D;22D;19D2;14D. The Bertz CT molecular complexity index is 8640. The first-order valence-corrected chi connectivity index (χ1v) is 47.0.